The van der Waals surface area contributed by atoms with Gasteiger partial charge in [-0.05, 0) is 55.3 Å². The molecule has 0 heterocycles. The Bertz CT molecular complexity index is 846. The maximum atomic E-state index is 12.5. The summed E-state index contributed by atoms with van der Waals surface area (Å²) >= 11 is 5.79. The zero-order chi connectivity index (χ0) is 17.2. The smallest absolute Gasteiger partial charge is 0.261 e. The molecule has 1 saturated carbocycles. The van der Waals surface area contributed by atoms with Gasteiger partial charge in [-0.15, -0.1) is 0 Å². The summed E-state index contributed by atoms with van der Waals surface area (Å²) in [7, 11) is -3.74. The molecule has 1 fully saturated rings. The van der Waals surface area contributed by atoms with Crippen LogP contribution in [0.3, 0.4) is 0 Å². The standard InChI is InChI=1S/C17H17ClN2O3S/c18-13-7-9-14(10-8-13)20-24(22,23)16-6-2-5-15(11-16)19-17(21)12-3-1-4-12/h2,5-12,20H,1,3-4H2,(H,19,21). The molecule has 0 saturated heterocycles. The van der Waals surface area contributed by atoms with Gasteiger partial charge in [0.05, 0.1) is 4.90 Å². The van der Waals surface area contributed by atoms with E-state index in [1.807, 2.05) is 0 Å². The highest BCUT2D eigenvalue weighted by atomic mass is 35.5. The molecule has 3 rings (SSSR count). The Morgan fingerprint density at radius 3 is 2.38 bits per heavy atom. The number of nitrogens with one attached hydrogen (secondary N) is 2. The first-order valence-corrected chi connectivity index (χ1v) is 9.49. The van der Waals surface area contributed by atoms with Gasteiger partial charge in [-0.2, -0.15) is 0 Å². The predicted octanol–water partition coefficient (Wildman–Crippen LogP) is 3.88. The minimum Gasteiger partial charge on any atom is -0.326 e. The normalized spacial score (nSPS) is 14.7. The zero-order valence-corrected chi connectivity index (χ0v) is 14.4. The van der Waals surface area contributed by atoms with Crippen molar-refractivity contribution in [2.75, 3.05) is 10.0 Å². The van der Waals surface area contributed by atoms with Crippen LogP contribution >= 0.6 is 11.6 Å². The number of rotatable bonds is 5. The van der Waals surface area contributed by atoms with Gasteiger partial charge in [-0.1, -0.05) is 24.1 Å². The summed E-state index contributed by atoms with van der Waals surface area (Å²) in [6.45, 7) is 0. The lowest BCUT2D eigenvalue weighted by atomic mass is 9.85. The van der Waals surface area contributed by atoms with Gasteiger partial charge in [0.25, 0.3) is 10.0 Å². The fourth-order valence-corrected chi connectivity index (χ4v) is 3.62. The summed E-state index contributed by atoms with van der Waals surface area (Å²) in [6, 6.07) is 12.6. The molecule has 1 aliphatic carbocycles. The molecule has 0 radical (unpaired) electrons. The average molecular weight is 365 g/mol. The number of hydrogen-bond acceptors (Lipinski definition) is 3. The first-order chi connectivity index (χ1) is 11.4. The number of halogens is 1. The minimum absolute atomic E-state index is 0.0393. The lowest BCUT2D eigenvalue weighted by molar-refractivity contribution is -0.122. The molecule has 24 heavy (non-hydrogen) atoms. The largest absolute Gasteiger partial charge is 0.326 e. The Kier molecular flexibility index (Phi) is 4.78. The van der Waals surface area contributed by atoms with Gasteiger partial charge in [0, 0.05) is 22.3 Å². The van der Waals surface area contributed by atoms with Crippen LogP contribution in [-0.2, 0) is 14.8 Å². The number of sulfonamides is 1. The van der Waals surface area contributed by atoms with E-state index in [2.05, 4.69) is 10.0 Å². The molecule has 5 nitrogen and oxygen atoms in total. The molecule has 0 unspecified atom stereocenters. The molecule has 7 heteroatoms. The monoisotopic (exact) mass is 364 g/mol. The highest BCUT2D eigenvalue weighted by Crippen LogP contribution is 2.28. The third-order valence-corrected chi connectivity index (χ3v) is 5.62. The van der Waals surface area contributed by atoms with Crippen molar-refractivity contribution < 1.29 is 13.2 Å². The summed E-state index contributed by atoms with van der Waals surface area (Å²) in [5, 5.41) is 3.31. The number of carbonyl (C=O) groups is 1. The number of anilines is 2. The SMILES string of the molecule is O=C(Nc1cccc(S(=O)(=O)Nc2ccc(Cl)cc2)c1)C1CCC1. The van der Waals surface area contributed by atoms with Crippen LogP contribution in [0.2, 0.25) is 5.02 Å². The van der Waals surface area contributed by atoms with Gasteiger partial charge in [-0.25, -0.2) is 8.42 Å². The maximum absolute atomic E-state index is 12.5. The first kappa shape index (κ1) is 16.8. The summed E-state index contributed by atoms with van der Waals surface area (Å²) in [5.74, 6) is -0.0149. The second-order valence-corrected chi connectivity index (χ2v) is 7.88. The van der Waals surface area contributed by atoms with Crippen LogP contribution in [0.4, 0.5) is 11.4 Å². The molecule has 1 aliphatic rings. The molecule has 2 aromatic rings. The van der Waals surface area contributed by atoms with Crippen molar-refractivity contribution in [1.29, 1.82) is 0 Å². The fraction of sp³-hybridized carbons (Fsp3) is 0.235. The van der Waals surface area contributed by atoms with E-state index in [-0.39, 0.29) is 16.7 Å². The van der Waals surface area contributed by atoms with Crippen LogP contribution in [0, 0.1) is 5.92 Å². The second kappa shape index (κ2) is 6.83. The van der Waals surface area contributed by atoms with Crippen LogP contribution in [0.1, 0.15) is 19.3 Å². The van der Waals surface area contributed by atoms with E-state index < -0.39 is 10.0 Å². The van der Waals surface area contributed by atoms with E-state index in [4.69, 9.17) is 11.6 Å². The highest BCUT2D eigenvalue weighted by molar-refractivity contribution is 7.92. The van der Waals surface area contributed by atoms with Crippen LogP contribution < -0.4 is 10.0 Å². The predicted molar refractivity (Wildman–Crippen MR) is 94.7 cm³/mol. The highest BCUT2D eigenvalue weighted by Gasteiger charge is 2.25. The van der Waals surface area contributed by atoms with E-state index in [0.29, 0.717) is 16.4 Å². The number of carbonyl (C=O) groups excluding carboxylic acids is 1. The Labute approximate surface area is 146 Å². The summed E-state index contributed by atoms with van der Waals surface area (Å²) < 4.78 is 27.4. The van der Waals surface area contributed by atoms with E-state index in [1.165, 1.54) is 12.1 Å². The topological polar surface area (TPSA) is 75.3 Å². The molecule has 2 aromatic carbocycles. The second-order valence-electron chi connectivity index (χ2n) is 5.76. The van der Waals surface area contributed by atoms with Gasteiger partial charge in [0.15, 0.2) is 0 Å². The first-order valence-electron chi connectivity index (χ1n) is 7.63. The lowest BCUT2D eigenvalue weighted by Crippen LogP contribution is -2.28. The lowest BCUT2D eigenvalue weighted by Gasteiger charge is -2.24. The van der Waals surface area contributed by atoms with E-state index in [0.717, 1.165) is 19.3 Å². The van der Waals surface area contributed by atoms with Gasteiger partial charge in [-0.3, -0.25) is 9.52 Å². The minimum atomic E-state index is -3.74. The molecule has 0 aliphatic heterocycles. The van der Waals surface area contributed by atoms with Crippen molar-refractivity contribution in [2.45, 2.75) is 24.2 Å². The van der Waals surface area contributed by atoms with Crippen molar-refractivity contribution in [3.63, 3.8) is 0 Å². The Morgan fingerprint density at radius 2 is 1.75 bits per heavy atom. The van der Waals surface area contributed by atoms with Crippen molar-refractivity contribution >= 4 is 38.9 Å². The van der Waals surface area contributed by atoms with E-state index >= 15 is 0 Å². The van der Waals surface area contributed by atoms with Gasteiger partial charge in [0.2, 0.25) is 5.91 Å². The summed E-state index contributed by atoms with van der Waals surface area (Å²) in [4.78, 5) is 12.1. The molecular weight excluding hydrogens is 348 g/mol. The third kappa shape index (κ3) is 3.88. The number of benzene rings is 2. The van der Waals surface area contributed by atoms with E-state index in [1.54, 1.807) is 36.4 Å². The van der Waals surface area contributed by atoms with Gasteiger partial charge in [0.1, 0.15) is 0 Å². The molecule has 0 aromatic heterocycles. The van der Waals surface area contributed by atoms with Crippen molar-refractivity contribution in [3.8, 4) is 0 Å². The Hall–Kier alpha value is -2.05. The fourth-order valence-electron chi connectivity index (χ4n) is 2.39. The van der Waals surface area contributed by atoms with Crippen molar-refractivity contribution in [1.82, 2.24) is 0 Å². The van der Waals surface area contributed by atoms with Gasteiger partial charge < -0.3 is 5.32 Å². The molecule has 2 N–H and O–H groups in total. The van der Waals surface area contributed by atoms with Crippen molar-refractivity contribution in [3.05, 3.63) is 53.6 Å². The summed E-state index contributed by atoms with van der Waals surface area (Å²) in [6.07, 6.45) is 2.85. The Morgan fingerprint density at radius 1 is 1.04 bits per heavy atom. The molecule has 1 amide bonds. The molecule has 0 bridgehead atoms. The molecule has 126 valence electrons. The van der Waals surface area contributed by atoms with Crippen LogP contribution in [0.15, 0.2) is 53.4 Å². The van der Waals surface area contributed by atoms with Crippen molar-refractivity contribution in [2.24, 2.45) is 5.92 Å². The average Bonchev–Trinajstić information content (AvgIpc) is 2.48. The zero-order valence-electron chi connectivity index (χ0n) is 12.8. The number of hydrogen-bond donors (Lipinski definition) is 2. The Balaban J connectivity index is 1.76. The van der Waals surface area contributed by atoms with Crippen LogP contribution in [-0.4, -0.2) is 14.3 Å². The molecular formula is C17H17ClN2O3S. The molecule has 0 spiro atoms. The number of amides is 1. The maximum Gasteiger partial charge on any atom is 0.261 e. The van der Waals surface area contributed by atoms with Crippen LogP contribution in [0.5, 0.6) is 0 Å². The van der Waals surface area contributed by atoms with Crippen LogP contribution in [0.25, 0.3) is 0 Å². The third-order valence-electron chi connectivity index (χ3n) is 3.98. The van der Waals surface area contributed by atoms with Gasteiger partial charge >= 0.3 is 0 Å². The van der Waals surface area contributed by atoms with E-state index in [9.17, 15) is 13.2 Å². The molecule has 0 atom stereocenters. The quantitative estimate of drug-likeness (QED) is 0.845. The summed E-state index contributed by atoms with van der Waals surface area (Å²) in [5.41, 5.74) is 0.897.